The fourth-order valence-electron chi connectivity index (χ4n) is 2.29. The van der Waals surface area contributed by atoms with Crippen molar-refractivity contribution in [3.05, 3.63) is 66.4 Å². The number of carbonyl (C=O) groups excluding carboxylic acids is 1. The van der Waals surface area contributed by atoms with Gasteiger partial charge in [-0.1, -0.05) is 30.3 Å². The molecular formula is C19H15NO5. The summed E-state index contributed by atoms with van der Waals surface area (Å²) in [6.45, 7) is 0.599. The first kappa shape index (κ1) is 16.4. The molecule has 25 heavy (non-hydrogen) atoms. The highest BCUT2D eigenvalue weighted by molar-refractivity contribution is 6.39. The molecule has 2 aromatic carbocycles. The van der Waals surface area contributed by atoms with Crippen molar-refractivity contribution in [3.8, 4) is 11.6 Å². The first-order chi connectivity index (χ1) is 12.1. The van der Waals surface area contributed by atoms with Crippen molar-refractivity contribution >= 4 is 22.5 Å². The summed E-state index contributed by atoms with van der Waals surface area (Å²) < 4.78 is 11.1. The van der Waals surface area contributed by atoms with Gasteiger partial charge in [-0.25, -0.2) is 9.78 Å². The fourth-order valence-corrected chi connectivity index (χ4v) is 2.29. The molecule has 0 aliphatic heterocycles. The average Bonchev–Trinajstić information content (AvgIpc) is 2.65. The molecule has 1 aromatic heterocycles. The molecule has 0 aliphatic rings. The Hall–Kier alpha value is -3.41. The summed E-state index contributed by atoms with van der Waals surface area (Å²) in [5, 5.41) is 10.9. The van der Waals surface area contributed by atoms with Gasteiger partial charge < -0.3 is 14.6 Å². The summed E-state index contributed by atoms with van der Waals surface area (Å²) >= 11 is 0. The molecule has 0 bridgehead atoms. The van der Waals surface area contributed by atoms with Gasteiger partial charge in [-0.3, -0.25) is 4.79 Å². The molecule has 0 unspecified atom stereocenters. The molecule has 0 fully saturated rings. The Morgan fingerprint density at radius 1 is 0.920 bits per heavy atom. The van der Waals surface area contributed by atoms with E-state index in [2.05, 4.69) is 4.98 Å². The van der Waals surface area contributed by atoms with Crippen molar-refractivity contribution in [2.24, 2.45) is 0 Å². The first-order valence-corrected chi connectivity index (χ1v) is 7.61. The van der Waals surface area contributed by atoms with Crippen molar-refractivity contribution in [1.29, 1.82) is 0 Å². The second-order valence-electron chi connectivity index (χ2n) is 5.23. The van der Waals surface area contributed by atoms with E-state index in [1.165, 1.54) is 18.3 Å². The second kappa shape index (κ2) is 7.44. The number of carboxylic acids is 1. The largest absolute Gasteiger partial charge is 0.490 e. The molecule has 1 N–H and O–H groups in total. The second-order valence-corrected chi connectivity index (χ2v) is 5.23. The van der Waals surface area contributed by atoms with Gasteiger partial charge in [0.1, 0.15) is 19.0 Å². The van der Waals surface area contributed by atoms with Crippen LogP contribution in [-0.2, 0) is 4.79 Å². The highest BCUT2D eigenvalue weighted by Crippen LogP contribution is 2.20. The topological polar surface area (TPSA) is 85.7 Å². The quantitative estimate of drug-likeness (QED) is 0.405. The van der Waals surface area contributed by atoms with Gasteiger partial charge in [-0.2, -0.15) is 0 Å². The molecule has 0 aliphatic carbocycles. The molecule has 0 saturated heterocycles. The number of carbonyl (C=O) groups is 2. The highest BCUT2D eigenvalue weighted by Gasteiger charge is 2.14. The number of ketones is 1. The zero-order valence-corrected chi connectivity index (χ0v) is 13.2. The number of hydrogen-bond donors (Lipinski definition) is 1. The molecule has 1 heterocycles. The number of fused-ring (bicyclic) bond motifs is 1. The Balaban J connectivity index is 1.50. The molecule has 3 aromatic rings. The van der Waals surface area contributed by atoms with Crippen molar-refractivity contribution in [2.45, 2.75) is 0 Å². The lowest BCUT2D eigenvalue weighted by Crippen LogP contribution is -2.13. The van der Waals surface area contributed by atoms with Crippen LogP contribution < -0.4 is 9.47 Å². The predicted molar refractivity (Wildman–Crippen MR) is 91.1 cm³/mol. The Morgan fingerprint density at radius 3 is 2.40 bits per heavy atom. The molecular weight excluding hydrogens is 322 g/mol. The molecule has 0 spiro atoms. The van der Waals surface area contributed by atoms with E-state index in [4.69, 9.17) is 14.6 Å². The van der Waals surface area contributed by atoms with Gasteiger partial charge >= 0.3 is 5.97 Å². The number of hydrogen-bond acceptors (Lipinski definition) is 5. The van der Waals surface area contributed by atoms with Crippen LogP contribution in [0.25, 0.3) is 10.8 Å². The van der Waals surface area contributed by atoms with Crippen LogP contribution in [0.15, 0.2) is 60.8 Å². The Kier molecular flexibility index (Phi) is 4.89. The lowest BCUT2D eigenvalue weighted by atomic mass is 10.1. The van der Waals surface area contributed by atoms with E-state index >= 15 is 0 Å². The van der Waals surface area contributed by atoms with E-state index in [-0.39, 0.29) is 12.2 Å². The minimum atomic E-state index is -1.51. The third-order valence-corrected chi connectivity index (χ3v) is 3.52. The fraction of sp³-hybridized carbons (Fsp3) is 0.105. The van der Waals surface area contributed by atoms with Gasteiger partial charge in [0.05, 0.1) is 0 Å². The molecule has 3 rings (SSSR count). The number of ether oxygens (including phenoxy) is 2. The smallest absolute Gasteiger partial charge is 0.377 e. The Labute approximate surface area is 143 Å². The molecule has 0 amide bonds. The SMILES string of the molecule is O=C(O)C(=O)c1ccc(OCCOc2ccc3ccccc3c2)nc1. The van der Waals surface area contributed by atoms with Crippen LogP contribution in [0, 0.1) is 0 Å². The zero-order valence-electron chi connectivity index (χ0n) is 13.2. The predicted octanol–water partition coefficient (Wildman–Crippen LogP) is 2.96. The summed E-state index contributed by atoms with van der Waals surface area (Å²) in [5.41, 5.74) is 0.00673. The van der Waals surface area contributed by atoms with Crippen LogP contribution in [0.4, 0.5) is 0 Å². The lowest BCUT2D eigenvalue weighted by Gasteiger charge is -2.08. The van der Waals surface area contributed by atoms with Crippen molar-refractivity contribution in [2.75, 3.05) is 13.2 Å². The number of benzene rings is 2. The third-order valence-electron chi connectivity index (χ3n) is 3.52. The summed E-state index contributed by atoms with van der Waals surface area (Å²) in [4.78, 5) is 25.8. The van der Waals surface area contributed by atoms with E-state index in [9.17, 15) is 9.59 Å². The average molecular weight is 337 g/mol. The van der Waals surface area contributed by atoms with Gasteiger partial charge in [0.25, 0.3) is 5.78 Å². The number of rotatable bonds is 7. The normalized spacial score (nSPS) is 10.4. The van der Waals surface area contributed by atoms with Crippen molar-refractivity contribution in [3.63, 3.8) is 0 Å². The van der Waals surface area contributed by atoms with Gasteiger partial charge in [-0.15, -0.1) is 0 Å². The first-order valence-electron chi connectivity index (χ1n) is 7.61. The van der Waals surface area contributed by atoms with E-state index < -0.39 is 11.8 Å². The van der Waals surface area contributed by atoms with Crippen LogP contribution in [-0.4, -0.2) is 35.1 Å². The van der Waals surface area contributed by atoms with Crippen molar-refractivity contribution in [1.82, 2.24) is 4.98 Å². The Bertz CT molecular complexity index is 905. The molecule has 6 nitrogen and oxygen atoms in total. The number of carboxylic acid groups (broad SMARTS) is 1. The standard InChI is InChI=1S/C19H15NO5/c21-18(19(22)23)15-6-8-17(20-12-15)25-10-9-24-16-7-5-13-3-1-2-4-14(13)11-16/h1-8,11-12H,9-10H2,(H,22,23). The van der Waals surface area contributed by atoms with Crippen LogP contribution in [0.1, 0.15) is 10.4 Å². The number of Topliss-reactive ketones (excluding diaryl/α,β-unsaturated/α-hetero) is 1. The maximum Gasteiger partial charge on any atom is 0.377 e. The number of nitrogens with zero attached hydrogens (tertiary/aromatic N) is 1. The van der Waals surface area contributed by atoms with E-state index in [0.717, 1.165) is 16.5 Å². The Morgan fingerprint density at radius 2 is 1.68 bits per heavy atom. The highest BCUT2D eigenvalue weighted by atomic mass is 16.5. The molecule has 6 heteroatoms. The molecule has 0 atom stereocenters. The van der Waals surface area contributed by atoms with E-state index in [1.807, 2.05) is 42.5 Å². The summed E-state index contributed by atoms with van der Waals surface area (Å²) in [6, 6.07) is 16.7. The van der Waals surface area contributed by atoms with Gasteiger partial charge in [0, 0.05) is 17.8 Å². The molecule has 0 radical (unpaired) electrons. The van der Waals surface area contributed by atoms with Crippen LogP contribution >= 0.6 is 0 Å². The maximum atomic E-state index is 11.3. The van der Waals surface area contributed by atoms with Crippen LogP contribution in [0.3, 0.4) is 0 Å². The number of pyridine rings is 1. The molecule has 0 saturated carbocycles. The molecule has 126 valence electrons. The monoisotopic (exact) mass is 337 g/mol. The summed E-state index contributed by atoms with van der Waals surface area (Å²) in [6.07, 6.45) is 1.18. The van der Waals surface area contributed by atoms with Gasteiger partial charge in [0.2, 0.25) is 5.88 Å². The summed E-state index contributed by atoms with van der Waals surface area (Å²) in [7, 11) is 0. The van der Waals surface area contributed by atoms with E-state index in [1.54, 1.807) is 0 Å². The van der Waals surface area contributed by atoms with Crippen LogP contribution in [0.5, 0.6) is 11.6 Å². The third kappa shape index (κ3) is 4.11. The zero-order chi connectivity index (χ0) is 17.6. The minimum Gasteiger partial charge on any atom is -0.490 e. The van der Waals surface area contributed by atoms with Crippen LogP contribution in [0.2, 0.25) is 0 Å². The lowest BCUT2D eigenvalue weighted by molar-refractivity contribution is -0.131. The number of aromatic nitrogens is 1. The minimum absolute atomic E-state index is 0.00673. The summed E-state index contributed by atoms with van der Waals surface area (Å²) in [5.74, 6) is -1.47. The van der Waals surface area contributed by atoms with E-state index in [0.29, 0.717) is 12.5 Å². The van der Waals surface area contributed by atoms with Gasteiger partial charge in [0.15, 0.2) is 0 Å². The maximum absolute atomic E-state index is 11.3. The van der Waals surface area contributed by atoms with Crippen molar-refractivity contribution < 1.29 is 24.2 Å². The van der Waals surface area contributed by atoms with Gasteiger partial charge in [-0.05, 0) is 29.0 Å². The number of aliphatic carboxylic acids is 1.